The number of phenols is 2. The number of halogens is 4. The van der Waals surface area contributed by atoms with Crippen LogP contribution in [0.1, 0.15) is 11.1 Å². The maximum Gasteiger partial charge on any atom is 0.118 e. The molecule has 0 aliphatic carbocycles. The molecular formula is C14H10Cl4O2. The normalized spacial score (nSPS) is 10.8. The minimum absolute atomic E-state index is 0.0180. The predicted octanol–water partition coefficient (Wildman–Crippen LogP) is 5.50. The van der Waals surface area contributed by atoms with Crippen LogP contribution in [-0.2, 0) is 12.8 Å². The molecule has 0 aliphatic heterocycles. The highest BCUT2D eigenvalue weighted by molar-refractivity contribution is 6.37. The Labute approximate surface area is 136 Å². The van der Waals surface area contributed by atoms with Gasteiger partial charge in [0.2, 0.25) is 0 Å². The van der Waals surface area contributed by atoms with E-state index in [2.05, 4.69) is 0 Å². The van der Waals surface area contributed by atoms with Crippen molar-refractivity contribution in [1.82, 2.24) is 0 Å². The molecule has 0 bridgehead atoms. The van der Waals surface area contributed by atoms with E-state index in [4.69, 9.17) is 46.4 Å². The number of aromatic hydroxyl groups is 2. The van der Waals surface area contributed by atoms with E-state index in [0.717, 1.165) is 0 Å². The molecule has 0 aliphatic rings. The molecule has 0 saturated heterocycles. The Bertz CT molecular complexity index is 552. The maximum atomic E-state index is 9.38. The van der Waals surface area contributed by atoms with Crippen molar-refractivity contribution in [2.45, 2.75) is 12.8 Å². The molecule has 0 aromatic heterocycles. The zero-order chi connectivity index (χ0) is 14.9. The number of benzene rings is 2. The third-order valence-electron chi connectivity index (χ3n) is 2.88. The second-order valence-corrected chi connectivity index (χ2v) is 5.90. The van der Waals surface area contributed by atoms with Crippen molar-refractivity contribution in [3.63, 3.8) is 0 Å². The largest absolute Gasteiger partial charge is 0.508 e. The van der Waals surface area contributed by atoms with Crippen molar-refractivity contribution >= 4 is 46.4 Å². The highest BCUT2D eigenvalue weighted by atomic mass is 35.5. The predicted molar refractivity (Wildman–Crippen MR) is 83.7 cm³/mol. The van der Waals surface area contributed by atoms with Gasteiger partial charge in [0.15, 0.2) is 0 Å². The molecular weight excluding hydrogens is 342 g/mol. The summed E-state index contributed by atoms with van der Waals surface area (Å²) in [4.78, 5) is 0. The lowest BCUT2D eigenvalue weighted by molar-refractivity contribution is 0.474. The fourth-order valence-corrected chi connectivity index (χ4v) is 3.24. The molecule has 2 nitrogen and oxygen atoms in total. The van der Waals surface area contributed by atoms with E-state index in [9.17, 15) is 10.2 Å². The summed E-state index contributed by atoms with van der Waals surface area (Å²) in [6.07, 6.45) is 1.03. The van der Waals surface area contributed by atoms with Crippen LogP contribution in [0.3, 0.4) is 0 Å². The van der Waals surface area contributed by atoms with E-state index in [1.165, 1.54) is 24.3 Å². The van der Waals surface area contributed by atoms with Crippen molar-refractivity contribution in [3.05, 3.63) is 55.5 Å². The van der Waals surface area contributed by atoms with Crippen LogP contribution in [0.15, 0.2) is 24.3 Å². The summed E-state index contributed by atoms with van der Waals surface area (Å²) in [6, 6.07) is 5.73. The van der Waals surface area contributed by atoms with Crippen molar-refractivity contribution in [2.75, 3.05) is 0 Å². The summed E-state index contributed by atoms with van der Waals surface area (Å²) in [6.45, 7) is 0. The van der Waals surface area contributed by atoms with Gasteiger partial charge in [-0.25, -0.2) is 0 Å². The lowest BCUT2D eigenvalue weighted by Crippen LogP contribution is -1.95. The first-order valence-corrected chi connectivity index (χ1v) is 7.23. The molecule has 0 unspecified atom stereocenters. The van der Waals surface area contributed by atoms with Gasteiger partial charge in [-0.2, -0.15) is 0 Å². The third kappa shape index (κ3) is 3.44. The Morgan fingerprint density at radius 1 is 0.600 bits per heavy atom. The lowest BCUT2D eigenvalue weighted by atomic mass is 10.0. The average molecular weight is 352 g/mol. The summed E-state index contributed by atoms with van der Waals surface area (Å²) >= 11 is 24.2. The molecule has 20 heavy (non-hydrogen) atoms. The Hall–Kier alpha value is -0.800. The number of hydrogen-bond acceptors (Lipinski definition) is 2. The first-order chi connectivity index (χ1) is 9.38. The molecule has 0 saturated carbocycles. The zero-order valence-corrected chi connectivity index (χ0v) is 13.2. The molecule has 106 valence electrons. The second-order valence-electron chi connectivity index (χ2n) is 4.28. The molecule has 0 amide bonds. The zero-order valence-electron chi connectivity index (χ0n) is 10.1. The van der Waals surface area contributed by atoms with Gasteiger partial charge in [-0.15, -0.1) is 0 Å². The molecule has 0 fully saturated rings. The highest BCUT2D eigenvalue weighted by Gasteiger charge is 2.12. The van der Waals surface area contributed by atoms with E-state index >= 15 is 0 Å². The standard InChI is InChI=1S/C14H10Cl4O2/c15-11-3-7(19)4-12(16)9(11)1-2-10-13(17)5-8(20)6-14(10)18/h3-6,19-20H,1-2H2. The summed E-state index contributed by atoms with van der Waals surface area (Å²) in [5.74, 6) is 0.0360. The van der Waals surface area contributed by atoms with Crippen molar-refractivity contribution in [3.8, 4) is 11.5 Å². The Morgan fingerprint density at radius 3 is 1.10 bits per heavy atom. The summed E-state index contributed by atoms with van der Waals surface area (Å²) in [5, 5.41) is 20.3. The van der Waals surface area contributed by atoms with Crippen molar-refractivity contribution < 1.29 is 10.2 Å². The van der Waals surface area contributed by atoms with Crippen molar-refractivity contribution in [1.29, 1.82) is 0 Å². The average Bonchev–Trinajstić information content (AvgIpc) is 2.30. The van der Waals surface area contributed by atoms with Crippen LogP contribution in [-0.4, -0.2) is 10.2 Å². The van der Waals surface area contributed by atoms with Crippen LogP contribution in [0.25, 0.3) is 0 Å². The number of hydrogen-bond donors (Lipinski definition) is 2. The Kier molecular flexibility index (Phi) is 4.92. The van der Waals surface area contributed by atoms with E-state index in [-0.39, 0.29) is 11.5 Å². The summed E-state index contributed by atoms with van der Waals surface area (Å²) < 4.78 is 0. The van der Waals surface area contributed by atoms with E-state index in [1.807, 2.05) is 0 Å². The van der Waals surface area contributed by atoms with Crippen LogP contribution >= 0.6 is 46.4 Å². The third-order valence-corrected chi connectivity index (χ3v) is 4.23. The summed E-state index contributed by atoms with van der Waals surface area (Å²) in [7, 11) is 0. The molecule has 0 heterocycles. The van der Waals surface area contributed by atoms with Crippen LogP contribution in [0.2, 0.25) is 20.1 Å². The van der Waals surface area contributed by atoms with Gasteiger partial charge in [0, 0.05) is 20.1 Å². The molecule has 0 atom stereocenters. The number of rotatable bonds is 3. The molecule has 6 heteroatoms. The summed E-state index contributed by atoms with van der Waals surface area (Å²) in [5.41, 5.74) is 1.43. The SMILES string of the molecule is Oc1cc(Cl)c(CCc2c(Cl)cc(O)cc2Cl)c(Cl)c1. The van der Waals surface area contributed by atoms with Crippen molar-refractivity contribution in [2.24, 2.45) is 0 Å². The van der Waals surface area contributed by atoms with E-state index < -0.39 is 0 Å². The second kappa shape index (κ2) is 6.31. The quantitative estimate of drug-likeness (QED) is 0.766. The van der Waals surface area contributed by atoms with Crippen LogP contribution in [0.4, 0.5) is 0 Å². The highest BCUT2D eigenvalue weighted by Crippen LogP contribution is 2.34. The Morgan fingerprint density at radius 2 is 0.850 bits per heavy atom. The van der Waals surface area contributed by atoms with Gasteiger partial charge >= 0.3 is 0 Å². The number of phenolic OH excluding ortho intramolecular Hbond substituents is 2. The molecule has 0 radical (unpaired) electrons. The minimum atomic E-state index is 0.0180. The molecule has 2 aromatic carbocycles. The van der Waals surface area contributed by atoms with E-state index in [1.54, 1.807) is 0 Å². The van der Waals surface area contributed by atoms with Gasteiger partial charge < -0.3 is 10.2 Å². The molecule has 0 spiro atoms. The van der Waals surface area contributed by atoms with Crippen LogP contribution < -0.4 is 0 Å². The first-order valence-electron chi connectivity index (χ1n) is 5.72. The van der Waals surface area contributed by atoms with Gasteiger partial charge in [-0.3, -0.25) is 0 Å². The topological polar surface area (TPSA) is 40.5 Å². The molecule has 2 N–H and O–H groups in total. The van der Waals surface area contributed by atoms with E-state index in [0.29, 0.717) is 44.1 Å². The maximum absolute atomic E-state index is 9.38. The smallest absolute Gasteiger partial charge is 0.118 e. The van der Waals surface area contributed by atoms with Crippen LogP contribution in [0, 0.1) is 0 Å². The van der Waals surface area contributed by atoms with Gasteiger partial charge in [0.05, 0.1) is 0 Å². The molecule has 2 rings (SSSR count). The van der Waals surface area contributed by atoms with Gasteiger partial charge in [-0.1, -0.05) is 46.4 Å². The fraction of sp³-hybridized carbons (Fsp3) is 0.143. The Balaban J connectivity index is 2.26. The van der Waals surface area contributed by atoms with Gasteiger partial charge in [-0.05, 0) is 48.2 Å². The lowest BCUT2D eigenvalue weighted by Gasteiger charge is -2.10. The fourth-order valence-electron chi connectivity index (χ4n) is 1.91. The molecule has 2 aromatic rings. The monoisotopic (exact) mass is 350 g/mol. The first kappa shape index (κ1) is 15.6. The van der Waals surface area contributed by atoms with Crippen LogP contribution in [0.5, 0.6) is 11.5 Å². The van der Waals surface area contributed by atoms with Gasteiger partial charge in [0.1, 0.15) is 11.5 Å². The van der Waals surface area contributed by atoms with Gasteiger partial charge in [0.25, 0.3) is 0 Å². The minimum Gasteiger partial charge on any atom is -0.508 e.